The van der Waals surface area contributed by atoms with E-state index in [9.17, 15) is 4.79 Å². The van der Waals surface area contributed by atoms with Gasteiger partial charge in [-0.2, -0.15) is 0 Å². The Morgan fingerprint density at radius 2 is 1.36 bits per heavy atom. The molecule has 64 valence electrons. The van der Waals surface area contributed by atoms with Crippen LogP contribution in [0.4, 0.5) is 0 Å². The van der Waals surface area contributed by atoms with Crippen molar-refractivity contribution >= 4 is 5.78 Å². The standard InChI is InChI=1S/C13H6O/c14-13(11-7-3-1-4-8-11)12-9-5-2-6-10-12/h3,5,7-10H. The van der Waals surface area contributed by atoms with Crippen molar-refractivity contribution in [3.8, 4) is 0 Å². The fourth-order valence-corrected chi connectivity index (χ4v) is 1.14. The first-order valence-corrected chi connectivity index (χ1v) is 4.18. The van der Waals surface area contributed by atoms with E-state index in [0.717, 1.165) is 0 Å². The maximum atomic E-state index is 11.8. The number of carbonyl (C=O) groups is 1. The van der Waals surface area contributed by atoms with Gasteiger partial charge in [0.15, 0.2) is 5.78 Å². The van der Waals surface area contributed by atoms with Gasteiger partial charge in [0.2, 0.25) is 0 Å². The molecule has 2 rings (SSSR count). The summed E-state index contributed by atoms with van der Waals surface area (Å²) in [5, 5.41) is 0. The van der Waals surface area contributed by atoms with E-state index in [1.807, 2.05) is 0 Å². The molecule has 0 saturated heterocycles. The van der Waals surface area contributed by atoms with Crippen LogP contribution in [0.5, 0.6) is 0 Å². The Balaban J connectivity index is 2.35. The second-order valence-electron chi connectivity index (χ2n) is 2.77. The van der Waals surface area contributed by atoms with Crippen LogP contribution < -0.4 is 0 Å². The van der Waals surface area contributed by atoms with Gasteiger partial charge < -0.3 is 0 Å². The molecule has 1 heteroatoms. The van der Waals surface area contributed by atoms with Gasteiger partial charge in [-0.1, -0.05) is 24.3 Å². The fourth-order valence-electron chi connectivity index (χ4n) is 1.14. The van der Waals surface area contributed by atoms with Crippen LogP contribution in [0.1, 0.15) is 15.9 Å². The molecule has 1 nitrogen and oxygen atoms in total. The Kier molecular flexibility index (Phi) is 2.41. The van der Waals surface area contributed by atoms with Gasteiger partial charge in [-0.25, -0.2) is 0 Å². The number of hydrogen-bond acceptors (Lipinski definition) is 1. The number of carbonyl (C=O) groups excluding carboxylic acids is 1. The van der Waals surface area contributed by atoms with E-state index in [1.165, 1.54) is 0 Å². The van der Waals surface area contributed by atoms with Crippen molar-refractivity contribution in [2.75, 3.05) is 0 Å². The van der Waals surface area contributed by atoms with E-state index in [4.69, 9.17) is 0 Å². The van der Waals surface area contributed by atoms with Crippen LogP contribution in [0.3, 0.4) is 0 Å². The monoisotopic (exact) mass is 178 g/mol. The van der Waals surface area contributed by atoms with Gasteiger partial charge >= 0.3 is 0 Å². The SMILES string of the molecule is O=C(c1c[c][c]cc1)c1c[c][c]cc1. The predicted octanol–water partition coefficient (Wildman–Crippen LogP) is 2.12. The van der Waals surface area contributed by atoms with E-state index in [0.29, 0.717) is 11.1 Å². The largest absolute Gasteiger partial charge is 0.289 e. The van der Waals surface area contributed by atoms with E-state index < -0.39 is 0 Å². The molecule has 0 unspecified atom stereocenters. The second kappa shape index (κ2) is 3.88. The molecule has 0 aliphatic heterocycles. The summed E-state index contributed by atoms with van der Waals surface area (Å²) in [4.78, 5) is 11.8. The van der Waals surface area contributed by atoms with Gasteiger partial charge in [0.1, 0.15) is 0 Å². The third kappa shape index (κ3) is 1.72. The number of ketones is 1. The highest BCUT2D eigenvalue weighted by atomic mass is 16.1. The molecular weight excluding hydrogens is 172 g/mol. The molecule has 0 aromatic heterocycles. The summed E-state index contributed by atoms with van der Waals surface area (Å²) in [7, 11) is 0. The predicted molar refractivity (Wildman–Crippen MR) is 51.7 cm³/mol. The molecule has 0 heterocycles. The number of hydrogen-bond donors (Lipinski definition) is 0. The molecule has 0 aliphatic carbocycles. The summed E-state index contributed by atoms with van der Waals surface area (Å²) in [6.45, 7) is 0. The van der Waals surface area contributed by atoms with Crippen molar-refractivity contribution in [1.82, 2.24) is 0 Å². The van der Waals surface area contributed by atoms with Crippen LogP contribution in [0, 0.1) is 24.3 Å². The Hall–Kier alpha value is -1.89. The Bertz CT molecular complexity index is 376. The zero-order valence-electron chi connectivity index (χ0n) is 7.37. The first-order chi connectivity index (χ1) is 6.88. The van der Waals surface area contributed by atoms with Crippen molar-refractivity contribution in [2.45, 2.75) is 0 Å². The smallest absolute Gasteiger partial charge is 0.193 e. The molecule has 2 aromatic rings. The van der Waals surface area contributed by atoms with Crippen molar-refractivity contribution in [2.24, 2.45) is 0 Å². The minimum absolute atomic E-state index is 0.0273. The van der Waals surface area contributed by atoms with E-state index >= 15 is 0 Å². The molecule has 2 aromatic carbocycles. The van der Waals surface area contributed by atoms with Crippen LogP contribution in [0.25, 0.3) is 0 Å². The number of benzene rings is 2. The van der Waals surface area contributed by atoms with Gasteiger partial charge in [0.05, 0.1) is 0 Å². The van der Waals surface area contributed by atoms with Gasteiger partial charge in [-0.15, -0.1) is 0 Å². The van der Waals surface area contributed by atoms with Crippen LogP contribution in [-0.4, -0.2) is 5.78 Å². The zero-order valence-corrected chi connectivity index (χ0v) is 7.37. The molecule has 0 amide bonds. The summed E-state index contributed by atoms with van der Waals surface area (Å²) in [6, 6.07) is 21.0. The minimum atomic E-state index is -0.0273. The Morgan fingerprint density at radius 3 is 1.71 bits per heavy atom. The summed E-state index contributed by atoms with van der Waals surface area (Å²) >= 11 is 0. The second-order valence-corrected chi connectivity index (χ2v) is 2.77. The third-order valence-electron chi connectivity index (χ3n) is 1.84. The highest BCUT2D eigenvalue weighted by Crippen LogP contribution is 2.07. The lowest BCUT2D eigenvalue weighted by Crippen LogP contribution is -2.00. The third-order valence-corrected chi connectivity index (χ3v) is 1.84. The van der Waals surface area contributed by atoms with Gasteiger partial charge in [0.25, 0.3) is 0 Å². The summed E-state index contributed by atoms with van der Waals surface area (Å²) in [6.07, 6.45) is 0. The number of rotatable bonds is 2. The normalized spacial score (nSPS) is 9.71. The lowest BCUT2D eigenvalue weighted by Gasteiger charge is -1.98. The van der Waals surface area contributed by atoms with Crippen LogP contribution >= 0.6 is 0 Å². The highest BCUT2D eigenvalue weighted by molar-refractivity contribution is 6.08. The average molecular weight is 178 g/mol. The summed E-state index contributed by atoms with van der Waals surface area (Å²) < 4.78 is 0. The van der Waals surface area contributed by atoms with E-state index in [-0.39, 0.29) is 5.78 Å². The molecule has 0 spiro atoms. The summed E-state index contributed by atoms with van der Waals surface area (Å²) in [5.74, 6) is -0.0273. The lowest BCUT2D eigenvalue weighted by molar-refractivity contribution is 0.103. The average Bonchev–Trinajstić information content (AvgIpc) is 2.30. The van der Waals surface area contributed by atoms with Crippen molar-refractivity contribution in [3.63, 3.8) is 0 Å². The molecule has 0 N–H and O–H groups in total. The van der Waals surface area contributed by atoms with Crippen LogP contribution in [-0.2, 0) is 0 Å². The van der Waals surface area contributed by atoms with E-state index in [2.05, 4.69) is 24.3 Å². The summed E-state index contributed by atoms with van der Waals surface area (Å²) in [5.41, 5.74) is 1.23. The maximum absolute atomic E-state index is 11.8. The quantitative estimate of drug-likeness (QED) is 0.644. The first kappa shape index (κ1) is 8.70. The van der Waals surface area contributed by atoms with Crippen LogP contribution in [0.15, 0.2) is 36.4 Å². The molecule has 14 heavy (non-hydrogen) atoms. The maximum Gasteiger partial charge on any atom is 0.193 e. The zero-order chi connectivity index (χ0) is 9.80. The van der Waals surface area contributed by atoms with Crippen molar-refractivity contribution in [3.05, 3.63) is 71.8 Å². The molecule has 0 aliphatic rings. The van der Waals surface area contributed by atoms with E-state index in [1.54, 1.807) is 36.4 Å². The van der Waals surface area contributed by atoms with Gasteiger partial charge in [-0.05, 0) is 36.4 Å². The molecule has 4 radical (unpaired) electrons. The Morgan fingerprint density at radius 1 is 0.857 bits per heavy atom. The van der Waals surface area contributed by atoms with Gasteiger partial charge in [0, 0.05) is 11.1 Å². The molecular formula is C13H6O. The highest BCUT2D eigenvalue weighted by Gasteiger charge is 2.06. The van der Waals surface area contributed by atoms with Crippen LogP contribution in [0.2, 0.25) is 0 Å². The fraction of sp³-hybridized carbons (Fsp3) is 0. The van der Waals surface area contributed by atoms with Crippen molar-refractivity contribution < 1.29 is 4.79 Å². The first-order valence-electron chi connectivity index (χ1n) is 4.18. The lowest BCUT2D eigenvalue weighted by atomic mass is 10.0. The molecule has 0 fully saturated rings. The molecule has 0 bridgehead atoms. The minimum Gasteiger partial charge on any atom is -0.289 e. The Labute approximate surface area is 83.0 Å². The molecule has 0 atom stereocenters. The molecule has 0 saturated carbocycles. The van der Waals surface area contributed by atoms with Gasteiger partial charge in [-0.3, -0.25) is 4.79 Å². The topological polar surface area (TPSA) is 17.1 Å². The van der Waals surface area contributed by atoms with Crippen molar-refractivity contribution in [1.29, 1.82) is 0 Å².